The van der Waals surface area contributed by atoms with Crippen LogP contribution in [0.25, 0.3) is 0 Å². The molecule has 1 N–H and O–H groups in total. The van der Waals surface area contributed by atoms with Gasteiger partial charge in [0.05, 0.1) is 12.6 Å². The van der Waals surface area contributed by atoms with Crippen molar-refractivity contribution < 1.29 is 9.13 Å². The third kappa shape index (κ3) is 6.17. The number of likely N-dealkylation sites (N-methyl/N-ethyl adjacent to an activating group) is 1. The molecule has 0 saturated heterocycles. The van der Waals surface area contributed by atoms with Gasteiger partial charge in [-0.05, 0) is 19.5 Å². The summed E-state index contributed by atoms with van der Waals surface area (Å²) in [5, 5.41) is 3.11. The molecule has 0 aromatic heterocycles. The smallest absolute Gasteiger partial charge is 0.128 e. The molecule has 0 aliphatic rings. The first kappa shape index (κ1) is 16.1. The van der Waals surface area contributed by atoms with E-state index in [4.69, 9.17) is 4.74 Å². The minimum atomic E-state index is -0.173. The summed E-state index contributed by atoms with van der Waals surface area (Å²) in [4.78, 5) is 0. The van der Waals surface area contributed by atoms with Crippen molar-refractivity contribution in [2.45, 2.75) is 45.1 Å². The van der Waals surface area contributed by atoms with Gasteiger partial charge >= 0.3 is 0 Å². The van der Waals surface area contributed by atoms with Crippen molar-refractivity contribution in [2.24, 2.45) is 0 Å². The SMILES string of the molecule is CCCCCCCOCC(NC)c1ccccc1F. The van der Waals surface area contributed by atoms with Crippen LogP contribution in [0.5, 0.6) is 0 Å². The number of benzene rings is 1. The lowest BCUT2D eigenvalue weighted by Crippen LogP contribution is -2.23. The van der Waals surface area contributed by atoms with E-state index in [1.165, 1.54) is 31.7 Å². The Kier molecular flexibility index (Phi) is 8.43. The molecule has 1 unspecified atom stereocenters. The molecule has 0 bridgehead atoms. The zero-order valence-corrected chi connectivity index (χ0v) is 12.1. The van der Waals surface area contributed by atoms with Gasteiger partial charge in [0.1, 0.15) is 5.82 Å². The molecule has 1 aromatic rings. The summed E-state index contributed by atoms with van der Waals surface area (Å²) in [5.41, 5.74) is 0.677. The van der Waals surface area contributed by atoms with Crippen molar-refractivity contribution >= 4 is 0 Å². The summed E-state index contributed by atoms with van der Waals surface area (Å²) < 4.78 is 19.3. The first-order valence-corrected chi connectivity index (χ1v) is 7.29. The van der Waals surface area contributed by atoms with E-state index in [9.17, 15) is 4.39 Å². The summed E-state index contributed by atoms with van der Waals surface area (Å²) in [6.45, 7) is 3.49. The second-order valence-electron chi connectivity index (χ2n) is 4.85. The minimum absolute atomic E-state index is 0.0724. The molecule has 0 amide bonds. The lowest BCUT2D eigenvalue weighted by atomic mass is 10.1. The highest BCUT2D eigenvalue weighted by Crippen LogP contribution is 2.16. The molecule has 0 spiro atoms. The molecule has 0 saturated carbocycles. The molecule has 0 aliphatic carbocycles. The average molecular weight is 267 g/mol. The van der Waals surface area contributed by atoms with Crippen LogP contribution < -0.4 is 5.32 Å². The molecule has 0 heterocycles. The number of hydrogen-bond acceptors (Lipinski definition) is 2. The van der Waals surface area contributed by atoms with Crippen LogP contribution in [0.2, 0.25) is 0 Å². The first-order chi connectivity index (χ1) is 9.29. The minimum Gasteiger partial charge on any atom is -0.379 e. The normalized spacial score (nSPS) is 12.6. The zero-order chi connectivity index (χ0) is 13.9. The molecular formula is C16H26FNO. The summed E-state index contributed by atoms with van der Waals surface area (Å²) >= 11 is 0. The van der Waals surface area contributed by atoms with Crippen LogP contribution in [0.15, 0.2) is 24.3 Å². The molecule has 1 aromatic carbocycles. The second-order valence-corrected chi connectivity index (χ2v) is 4.85. The molecule has 2 nitrogen and oxygen atoms in total. The largest absolute Gasteiger partial charge is 0.379 e. The van der Waals surface area contributed by atoms with E-state index in [2.05, 4.69) is 12.2 Å². The molecule has 0 radical (unpaired) electrons. The van der Waals surface area contributed by atoms with E-state index in [-0.39, 0.29) is 11.9 Å². The van der Waals surface area contributed by atoms with Crippen LogP contribution in [-0.2, 0) is 4.74 Å². The van der Waals surface area contributed by atoms with E-state index in [1.54, 1.807) is 12.1 Å². The number of rotatable bonds is 10. The van der Waals surface area contributed by atoms with Crippen molar-refractivity contribution in [3.63, 3.8) is 0 Å². The Morgan fingerprint density at radius 1 is 1.16 bits per heavy atom. The predicted molar refractivity (Wildman–Crippen MR) is 77.8 cm³/mol. The fourth-order valence-corrected chi connectivity index (χ4v) is 2.10. The van der Waals surface area contributed by atoms with Crippen molar-refractivity contribution in [3.05, 3.63) is 35.6 Å². The summed E-state index contributed by atoms with van der Waals surface area (Å²) in [7, 11) is 1.84. The van der Waals surface area contributed by atoms with Gasteiger partial charge in [0.25, 0.3) is 0 Å². The van der Waals surface area contributed by atoms with Crippen LogP contribution in [0.4, 0.5) is 4.39 Å². The summed E-state index contributed by atoms with van der Waals surface area (Å²) in [6, 6.07) is 6.79. The van der Waals surface area contributed by atoms with Gasteiger partial charge in [0, 0.05) is 12.2 Å². The third-order valence-corrected chi connectivity index (χ3v) is 3.31. The van der Waals surface area contributed by atoms with Crippen molar-refractivity contribution in [3.8, 4) is 0 Å². The zero-order valence-electron chi connectivity index (χ0n) is 12.1. The van der Waals surface area contributed by atoms with Gasteiger partial charge in [-0.3, -0.25) is 0 Å². The van der Waals surface area contributed by atoms with E-state index in [0.29, 0.717) is 12.2 Å². The molecule has 0 fully saturated rings. The van der Waals surface area contributed by atoms with E-state index < -0.39 is 0 Å². The Morgan fingerprint density at radius 3 is 2.58 bits per heavy atom. The Balaban J connectivity index is 2.24. The van der Waals surface area contributed by atoms with Gasteiger partial charge in [0.15, 0.2) is 0 Å². The highest BCUT2D eigenvalue weighted by Gasteiger charge is 2.13. The van der Waals surface area contributed by atoms with Crippen molar-refractivity contribution in [2.75, 3.05) is 20.3 Å². The van der Waals surface area contributed by atoms with Gasteiger partial charge in [-0.25, -0.2) is 4.39 Å². The van der Waals surface area contributed by atoms with E-state index >= 15 is 0 Å². The fourth-order valence-electron chi connectivity index (χ4n) is 2.10. The summed E-state index contributed by atoms with van der Waals surface area (Å²) in [5.74, 6) is -0.173. The van der Waals surface area contributed by atoms with Gasteiger partial charge in [0.2, 0.25) is 0 Å². The molecule has 19 heavy (non-hydrogen) atoms. The standard InChI is InChI=1S/C16H26FNO/c1-3-4-5-6-9-12-19-13-16(18-2)14-10-7-8-11-15(14)17/h7-8,10-11,16,18H,3-6,9,12-13H2,1-2H3. The average Bonchev–Trinajstić information content (AvgIpc) is 2.43. The fraction of sp³-hybridized carbons (Fsp3) is 0.625. The maximum absolute atomic E-state index is 13.6. The molecule has 1 atom stereocenters. The van der Waals surface area contributed by atoms with Crippen LogP contribution >= 0.6 is 0 Å². The predicted octanol–water partition coefficient (Wildman–Crippen LogP) is 4.07. The number of ether oxygens (including phenoxy) is 1. The molecule has 108 valence electrons. The van der Waals surface area contributed by atoms with Crippen molar-refractivity contribution in [1.82, 2.24) is 5.32 Å². The molecule has 3 heteroatoms. The maximum Gasteiger partial charge on any atom is 0.128 e. The highest BCUT2D eigenvalue weighted by molar-refractivity contribution is 5.21. The lowest BCUT2D eigenvalue weighted by molar-refractivity contribution is 0.109. The van der Waals surface area contributed by atoms with Gasteiger partial charge < -0.3 is 10.1 Å². The quantitative estimate of drug-likeness (QED) is 0.645. The van der Waals surface area contributed by atoms with Crippen LogP contribution in [0.1, 0.15) is 50.6 Å². The Bertz CT molecular complexity index is 343. The van der Waals surface area contributed by atoms with Gasteiger partial charge in [-0.2, -0.15) is 0 Å². The number of unbranched alkanes of at least 4 members (excludes halogenated alkanes) is 4. The Labute approximate surface area is 116 Å². The van der Waals surface area contributed by atoms with Crippen LogP contribution in [-0.4, -0.2) is 20.3 Å². The highest BCUT2D eigenvalue weighted by atomic mass is 19.1. The number of hydrogen-bond donors (Lipinski definition) is 1. The molecular weight excluding hydrogens is 241 g/mol. The second kappa shape index (κ2) is 9.93. The van der Waals surface area contributed by atoms with Crippen LogP contribution in [0.3, 0.4) is 0 Å². The van der Waals surface area contributed by atoms with Gasteiger partial charge in [-0.1, -0.05) is 50.8 Å². The molecule has 1 rings (SSSR count). The monoisotopic (exact) mass is 267 g/mol. The number of nitrogens with one attached hydrogen (secondary N) is 1. The van der Waals surface area contributed by atoms with Crippen molar-refractivity contribution in [1.29, 1.82) is 0 Å². The Hall–Kier alpha value is -0.930. The maximum atomic E-state index is 13.6. The molecule has 0 aliphatic heterocycles. The Morgan fingerprint density at radius 2 is 1.89 bits per heavy atom. The van der Waals surface area contributed by atoms with E-state index in [1.807, 2.05) is 13.1 Å². The summed E-state index contributed by atoms with van der Waals surface area (Å²) in [6.07, 6.45) is 6.15. The van der Waals surface area contributed by atoms with Crippen LogP contribution in [0, 0.1) is 5.82 Å². The van der Waals surface area contributed by atoms with Gasteiger partial charge in [-0.15, -0.1) is 0 Å². The first-order valence-electron chi connectivity index (χ1n) is 7.29. The topological polar surface area (TPSA) is 21.3 Å². The lowest BCUT2D eigenvalue weighted by Gasteiger charge is -2.17. The third-order valence-electron chi connectivity index (χ3n) is 3.31. The number of halogens is 1. The van der Waals surface area contributed by atoms with E-state index in [0.717, 1.165) is 13.0 Å².